The highest BCUT2D eigenvalue weighted by Crippen LogP contribution is 2.47. The van der Waals surface area contributed by atoms with Gasteiger partial charge in [0.1, 0.15) is 5.75 Å². The number of aliphatic hydroxyl groups excluding tert-OH is 1. The van der Waals surface area contributed by atoms with Crippen LogP contribution in [0.15, 0.2) is 54.6 Å². The zero-order valence-electron chi connectivity index (χ0n) is 14.6. The van der Waals surface area contributed by atoms with E-state index in [0.29, 0.717) is 11.8 Å². The van der Waals surface area contributed by atoms with Crippen LogP contribution in [0, 0.1) is 0 Å². The predicted molar refractivity (Wildman–Crippen MR) is 99.8 cm³/mol. The van der Waals surface area contributed by atoms with Gasteiger partial charge >= 0.3 is 0 Å². The van der Waals surface area contributed by atoms with Gasteiger partial charge in [-0.3, -0.25) is 4.90 Å². The van der Waals surface area contributed by atoms with E-state index in [4.69, 9.17) is 0 Å². The van der Waals surface area contributed by atoms with Crippen LogP contribution >= 0.6 is 0 Å². The molecule has 1 saturated carbocycles. The summed E-state index contributed by atoms with van der Waals surface area (Å²) in [7, 11) is 0. The SMILES string of the molecule is Oc1cccc([C@@]23CCC[C@@H](C2)N(CCc2ccccc2)C[C@H]3O)c1. The molecule has 4 rings (SSSR count). The van der Waals surface area contributed by atoms with Crippen molar-refractivity contribution in [3.8, 4) is 5.75 Å². The van der Waals surface area contributed by atoms with Gasteiger partial charge in [0.15, 0.2) is 0 Å². The van der Waals surface area contributed by atoms with Gasteiger partial charge < -0.3 is 10.2 Å². The third-order valence-electron chi connectivity index (χ3n) is 6.27. The van der Waals surface area contributed by atoms with Crippen LogP contribution in [0.3, 0.4) is 0 Å². The summed E-state index contributed by atoms with van der Waals surface area (Å²) < 4.78 is 0. The maximum atomic E-state index is 11.1. The minimum absolute atomic E-state index is 0.190. The zero-order chi connectivity index (χ0) is 17.3. The number of likely N-dealkylation sites (tertiary alicyclic amines) is 1. The number of fused-ring (bicyclic) bond motifs is 2. The van der Waals surface area contributed by atoms with E-state index in [1.807, 2.05) is 12.1 Å². The number of β-amino-alcohol motifs (C(OH)–C–C–N with tert-alkyl or cyclic N) is 1. The molecule has 0 radical (unpaired) electrons. The van der Waals surface area contributed by atoms with Crippen molar-refractivity contribution in [3.63, 3.8) is 0 Å². The molecule has 1 aliphatic heterocycles. The van der Waals surface area contributed by atoms with Crippen molar-refractivity contribution in [1.29, 1.82) is 0 Å². The summed E-state index contributed by atoms with van der Waals surface area (Å²) >= 11 is 0. The topological polar surface area (TPSA) is 43.7 Å². The third-order valence-corrected chi connectivity index (χ3v) is 6.27. The van der Waals surface area contributed by atoms with Crippen molar-refractivity contribution in [2.75, 3.05) is 13.1 Å². The number of hydrogen-bond donors (Lipinski definition) is 2. The Morgan fingerprint density at radius 1 is 1.08 bits per heavy atom. The van der Waals surface area contributed by atoms with Crippen LogP contribution in [0.1, 0.15) is 36.8 Å². The second-order valence-corrected chi connectivity index (χ2v) is 7.70. The van der Waals surface area contributed by atoms with Crippen LogP contribution < -0.4 is 0 Å². The van der Waals surface area contributed by atoms with Gasteiger partial charge in [-0.05, 0) is 48.9 Å². The Kier molecular flexibility index (Phi) is 4.53. The van der Waals surface area contributed by atoms with Crippen LogP contribution in [0.4, 0.5) is 0 Å². The van der Waals surface area contributed by atoms with E-state index < -0.39 is 0 Å². The summed E-state index contributed by atoms with van der Waals surface area (Å²) in [4.78, 5) is 2.48. The summed E-state index contributed by atoms with van der Waals surface area (Å²) in [6.07, 6.45) is 5.01. The van der Waals surface area contributed by atoms with Gasteiger partial charge in [-0.1, -0.05) is 48.9 Å². The van der Waals surface area contributed by atoms with E-state index >= 15 is 0 Å². The van der Waals surface area contributed by atoms with E-state index in [2.05, 4.69) is 41.3 Å². The molecule has 0 unspecified atom stereocenters. The standard InChI is InChI=1S/C22H27NO2/c24-20-10-4-8-18(14-20)22-12-5-9-19(15-22)23(16-21(22)25)13-11-17-6-2-1-3-7-17/h1-4,6-8,10,14,19,21,24-25H,5,9,11-13,15-16H2/t19-,21+,22+/m0/s1. The molecule has 25 heavy (non-hydrogen) atoms. The van der Waals surface area contributed by atoms with Crippen molar-refractivity contribution >= 4 is 0 Å². The average molecular weight is 337 g/mol. The lowest BCUT2D eigenvalue weighted by molar-refractivity contribution is -0.0543. The van der Waals surface area contributed by atoms with Crippen LogP contribution in [0.25, 0.3) is 0 Å². The highest BCUT2D eigenvalue weighted by atomic mass is 16.3. The largest absolute Gasteiger partial charge is 0.508 e. The molecule has 3 nitrogen and oxygen atoms in total. The second kappa shape index (κ2) is 6.81. The maximum Gasteiger partial charge on any atom is 0.115 e. The van der Waals surface area contributed by atoms with Gasteiger partial charge in [0.2, 0.25) is 0 Å². The number of aliphatic hydroxyl groups is 1. The smallest absolute Gasteiger partial charge is 0.115 e. The van der Waals surface area contributed by atoms with Gasteiger partial charge in [-0.15, -0.1) is 0 Å². The molecule has 2 N–H and O–H groups in total. The molecule has 3 heteroatoms. The molecule has 0 amide bonds. The average Bonchev–Trinajstić information content (AvgIpc) is 2.65. The Morgan fingerprint density at radius 2 is 1.92 bits per heavy atom. The van der Waals surface area contributed by atoms with Gasteiger partial charge in [0.05, 0.1) is 6.10 Å². The molecule has 2 bridgehead atoms. The lowest BCUT2D eigenvalue weighted by Crippen LogP contribution is -2.60. The number of rotatable bonds is 4. The fourth-order valence-corrected chi connectivity index (χ4v) is 4.90. The molecule has 3 atom stereocenters. The minimum atomic E-state index is -0.373. The number of nitrogens with zero attached hydrogens (tertiary/aromatic N) is 1. The number of aromatic hydroxyl groups is 1. The Hall–Kier alpha value is -1.84. The molecule has 2 aliphatic rings. The summed E-state index contributed by atoms with van der Waals surface area (Å²) in [6.45, 7) is 1.73. The second-order valence-electron chi connectivity index (χ2n) is 7.70. The molecule has 132 valence electrons. The Bertz CT molecular complexity index is 717. The van der Waals surface area contributed by atoms with Crippen LogP contribution in [0.2, 0.25) is 0 Å². The predicted octanol–water partition coefficient (Wildman–Crippen LogP) is 3.49. The summed E-state index contributed by atoms with van der Waals surface area (Å²) in [5.74, 6) is 0.299. The highest BCUT2D eigenvalue weighted by Gasteiger charge is 2.49. The molecular formula is C22H27NO2. The summed E-state index contributed by atoms with van der Waals surface area (Å²) in [5, 5.41) is 21.0. The Balaban J connectivity index is 1.52. The van der Waals surface area contributed by atoms with Crippen molar-refractivity contribution in [1.82, 2.24) is 4.90 Å². The molecule has 2 aromatic carbocycles. The van der Waals surface area contributed by atoms with Gasteiger partial charge in [-0.2, -0.15) is 0 Å². The summed E-state index contributed by atoms with van der Waals surface area (Å²) in [5.41, 5.74) is 2.27. The van der Waals surface area contributed by atoms with Crippen LogP contribution in [-0.2, 0) is 11.8 Å². The summed E-state index contributed by atoms with van der Waals surface area (Å²) in [6, 6.07) is 18.7. The third kappa shape index (κ3) is 3.19. The van der Waals surface area contributed by atoms with E-state index in [0.717, 1.165) is 44.3 Å². The van der Waals surface area contributed by atoms with Gasteiger partial charge in [0.25, 0.3) is 0 Å². The van der Waals surface area contributed by atoms with E-state index in [1.165, 1.54) is 12.0 Å². The normalized spacial score (nSPS) is 29.5. The van der Waals surface area contributed by atoms with Crippen molar-refractivity contribution < 1.29 is 10.2 Å². The molecule has 1 aliphatic carbocycles. The monoisotopic (exact) mass is 337 g/mol. The molecule has 0 aromatic heterocycles. The first-order chi connectivity index (χ1) is 12.2. The quantitative estimate of drug-likeness (QED) is 0.897. The number of hydrogen-bond acceptors (Lipinski definition) is 3. The number of phenolic OH excluding ortho intramolecular Hbond substituents is 1. The number of piperidine rings is 1. The van der Waals surface area contributed by atoms with Crippen molar-refractivity contribution in [2.24, 2.45) is 0 Å². The van der Waals surface area contributed by atoms with Crippen molar-refractivity contribution in [2.45, 2.75) is 49.7 Å². The minimum Gasteiger partial charge on any atom is -0.508 e. The van der Waals surface area contributed by atoms with Gasteiger partial charge in [-0.25, -0.2) is 0 Å². The van der Waals surface area contributed by atoms with E-state index in [-0.39, 0.29) is 11.5 Å². The molecule has 2 fully saturated rings. The van der Waals surface area contributed by atoms with Crippen molar-refractivity contribution in [3.05, 3.63) is 65.7 Å². The zero-order valence-corrected chi connectivity index (χ0v) is 14.6. The Morgan fingerprint density at radius 3 is 2.72 bits per heavy atom. The lowest BCUT2D eigenvalue weighted by atomic mass is 9.62. The Labute approximate surface area is 149 Å². The van der Waals surface area contributed by atoms with E-state index in [1.54, 1.807) is 6.07 Å². The maximum absolute atomic E-state index is 11.1. The molecule has 1 heterocycles. The van der Waals surface area contributed by atoms with Gasteiger partial charge in [0, 0.05) is 24.5 Å². The highest BCUT2D eigenvalue weighted by molar-refractivity contribution is 5.36. The van der Waals surface area contributed by atoms with Crippen LogP contribution in [-0.4, -0.2) is 40.3 Å². The van der Waals surface area contributed by atoms with Crippen LogP contribution in [0.5, 0.6) is 5.75 Å². The lowest BCUT2D eigenvalue weighted by Gasteiger charge is -2.53. The first-order valence-corrected chi connectivity index (χ1v) is 9.43. The molecular weight excluding hydrogens is 310 g/mol. The fraction of sp³-hybridized carbons (Fsp3) is 0.455. The number of phenols is 1. The number of benzene rings is 2. The first-order valence-electron chi connectivity index (χ1n) is 9.43. The molecule has 2 aromatic rings. The molecule has 0 spiro atoms. The molecule has 1 saturated heterocycles. The fourth-order valence-electron chi connectivity index (χ4n) is 4.90. The first kappa shape index (κ1) is 16.6. The van der Waals surface area contributed by atoms with E-state index in [9.17, 15) is 10.2 Å².